The molecule has 1 saturated heterocycles. The lowest BCUT2D eigenvalue weighted by Gasteiger charge is -2.29. The van der Waals surface area contributed by atoms with Gasteiger partial charge in [-0.05, 0) is 39.9 Å². The van der Waals surface area contributed by atoms with Crippen molar-refractivity contribution in [2.24, 2.45) is 0 Å². The van der Waals surface area contributed by atoms with Gasteiger partial charge in [-0.2, -0.15) is 5.26 Å². The summed E-state index contributed by atoms with van der Waals surface area (Å²) in [5.74, 6) is 0. The van der Waals surface area contributed by atoms with Crippen LogP contribution in [0.25, 0.3) is 0 Å². The Kier molecular flexibility index (Phi) is 5.79. The molecular weight excluding hydrogens is 198 g/mol. The van der Waals surface area contributed by atoms with Gasteiger partial charge < -0.3 is 4.90 Å². The smallest absolute Gasteiger partial charge is 0.0638 e. The van der Waals surface area contributed by atoms with Gasteiger partial charge in [0, 0.05) is 18.6 Å². The predicted octanol–water partition coefficient (Wildman–Crippen LogP) is 2.09. The molecule has 1 aliphatic rings. The highest BCUT2D eigenvalue weighted by Crippen LogP contribution is 2.16. The second-order valence-electron chi connectivity index (χ2n) is 4.98. The first kappa shape index (κ1) is 13.5. The van der Waals surface area contributed by atoms with Crippen molar-refractivity contribution < 1.29 is 0 Å². The Balaban J connectivity index is 2.59. The van der Waals surface area contributed by atoms with E-state index < -0.39 is 0 Å². The topological polar surface area (TPSA) is 30.3 Å². The maximum absolute atomic E-state index is 8.91. The SMILES string of the molecule is CCCCN1CCC(C)N(C)CC1CC#N. The first-order valence-corrected chi connectivity index (χ1v) is 6.50. The third-order valence-electron chi connectivity index (χ3n) is 3.73. The molecule has 1 rings (SSSR count). The Hall–Kier alpha value is -0.590. The van der Waals surface area contributed by atoms with E-state index in [9.17, 15) is 0 Å². The van der Waals surface area contributed by atoms with E-state index in [1.807, 2.05) is 0 Å². The minimum absolute atomic E-state index is 0.437. The van der Waals surface area contributed by atoms with E-state index >= 15 is 0 Å². The molecule has 0 aromatic carbocycles. The van der Waals surface area contributed by atoms with Crippen LogP contribution in [0.1, 0.15) is 39.5 Å². The Morgan fingerprint density at radius 3 is 2.81 bits per heavy atom. The minimum Gasteiger partial charge on any atom is -0.302 e. The molecule has 0 saturated carbocycles. The first-order chi connectivity index (χ1) is 7.69. The van der Waals surface area contributed by atoms with Crippen LogP contribution in [0.5, 0.6) is 0 Å². The molecular formula is C13H25N3. The molecule has 2 unspecified atom stereocenters. The fraction of sp³-hybridized carbons (Fsp3) is 0.923. The summed E-state index contributed by atoms with van der Waals surface area (Å²) in [6.07, 6.45) is 4.38. The van der Waals surface area contributed by atoms with Gasteiger partial charge in [-0.25, -0.2) is 0 Å². The Morgan fingerprint density at radius 2 is 2.19 bits per heavy atom. The molecule has 1 fully saturated rings. The van der Waals surface area contributed by atoms with Gasteiger partial charge in [0.1, 0.15) is 0 Å². The molecule has 0 radical (unpaired) electrons. The summed E-state index contributed by atoms with van der Waals surface area (Å²) >= 11 is 0. The summed E-state index contributed by atoms with van der Waals surface area (Å²) in [5, 5.41) is 8.91. The average molecular weight is 223 g/mol. The van der Waals surface area contributed by atoms with Crippen molar-refractivity contribution in [3.8, 4) is 6.07 Å². The fourth-order valence-electron chi connectivity index (χ4n) is 2.34. The molecule has 16 heavy (non-hydrogen) atoms. The monoisotopic (exact) mass is 223 g/mol. The average Bonchev–Trinajstić information content (AvgIpc) is 2.39. The molecule has 0 aliphatic carbocycles. The summed E-state index contributed by atoms with van der Waals surface area (Å²) < 4.78 is 0. The van der Waals surface area contributed by atoms with Gasteiger partial charge in [-0.1, -0.05) is 13.3 Å². The van der Waals surface area contributed by atoms with Gasteiger partial charge >= 0.3 is 0 Å². The second-order valence-corrected chi connectivity index (χ2v) is 4.98. The molecule has 0 spiro atoms. The molecule has 0 N–H and O–H groups in total. The Labute approximate surface area is 100 Å². The van der Waals surface area contributed by atoms with E-state index in [4.69, 9.17) is 5.26 Å². The number of likely N-dealkylation sites (N-methyl/N-ethyl adjacent to an activating group) is 1. The highest BCUT2D eigenvalue weighted by atomic mass is 15.2. The number of unbranched alkanes of at least 4 members (excludes halogenated alkanes) is 1. The number of nitrogens with zero attached hydrogens (tertiary/aromatic N) is 3. The van der Waals surface area contributed by atoms with Crippen LogP contribution < -0.4 is 0 Å². The number of rotatable bonds is 4. The van der Waals surface area contributed by atoms with Crippen molar-refractivity contribution in [1.82, 2.24) is 9.80 Å². The molecule has 0 bridgehead atoms. The summed E-state index contributed by atoms with van der Waals surface area (Å²) in [7, 11) is 2.18. The minimum atomic E-state index is 0.437. The van der Waals surface area contributed by atoms with E-state index in [1.165, 1.54) is 19.3 Å². The number of nitriles is 1. The lowest BCUT2D eigenvalue weighted by molar-refractivity contribution is 0.182. The first-order valence-electron chi connectivity index (χ1n) is 6.50. The van der Waals surface area contributed by atoms with E-state index in [0.29, 0.717) is 18.5 Å². The zero-order valence-corrected chi connectivity index (χ0v) is 10.9. The van der Waals surface area contributed by atoms with E-state index in [0.717, 1.165) is 19.6 Å². The maximum atomic E-state index is 8.91. The van der Waals surface area contributed by atoms with Crippen LogP contribution in [0.3, 0.4) is 0 Å². The van der Waals surface area contributed by atoms with Gasteiger partial charge in [0.15, 0.2) is 0 Å². The zero-order chi connectivity index (χ0) is 12.0. The molecule has 92 valence electrons. The maximum Gasteiger partial charge on any atom is 0.0638 e. The van der Waals surface area contributed by atoms with Crippen LogP contribution in [0.2, 0.25) is 0 Å². The summed E-state index contributed by atoms with van der Waals surface area (Å²) in [5.41, 5.74) is 0. The van der Waals surface area contributed by atoms with Crippen LogP contribution in [0.4, 0.5) is 0 Å². The van der Waals surface area contributed by atoms with E-state index in [1.54, 1.807) is 0 Å². The predicted molar refractivity (Wildman–Crippen MR) is 67.2 cm³/mol. The van der Waals surface area contributed by atoms with E-state index in [-0.39, 0.29) is 0 Å². The molecule has 0 amide bonds. The van der Waals surface area contributed by atoms with Gasteiger partial charge in [-0.15, -0.1) is 0 Å². The van der Waals surface area contributed by atoms with Crippen molar-refractivity contribution >= 4 is 0 Å². The van der Waals surface area contributed by atoms with Gasteiger partial charge in [0.25, 0.3) is 0 Å². The van der Waals surface area contributed by atoms with Crippen molar-refractivity contribution in [2.45, 2.75) is 51.6 Å². The number of hydrogen-bond acceptors (Lipinski definition) is 3. The molecule has 0 aromatic rings. The fourth-order valence-corrected chi connectivity index (χ4v) is 2.34. The lowest BCUT2D eigenvalue weighted by Crippen LogP contribution is -2.41. The van der Waals surface area contributed by atoms with Gasteiger partial charge in [-0.3, -0.25) is 4.90 Å². The molecule has 3 heteroatoms. The number of hydrogen-bond donors (Lipinski definition) is 0. The van der Waals surface area contributed by atoms with Crippen LogP contribution in [0.15, 0.2) is 0 Å². The van der Waals surface area contributed by atoms with Crippen molar-refractivity contribution in [2.75, 3.05) is 26.7 Å². The van der Waals surface area contributed by atoms with Crippen LogP contribution in [0, 0.1) is 11.3 Å². The molecule has 0 aromatic heterocycles. The Morgan fingerprint density at radius 1 is 1.44 bits per heavy atom. The summed E-state index contributed by atoms with van der Waals surface area (Å²) in [4.78, 5) is 4.92. The highest BCUT2D eigenvalue weighted by Gasteiger charge is 2.25. The largest absolute Gasteiger partial charge is 0.302 e. The Bertz CT molecular complexity index is 234. The zero-order valence-electron chi connectivity index (χ0n) is 10.9. The molecule has 3 nitrogen and oxygen atoms in total. The van der Waals surface area contributed by atoms with Crippen LogP contribution in [-0.4, -0.2) is 48.6 Å². The van der Waals surface area contributed by atoms with Crippen molar-refractivity contribution in [3.63, 3.8) is 0 Å². The molecule has 1 heterocycles. The summed E-state index contributed by atoms with van der Waals surface area (Å²) in [6.45, 7) is 7.86. The van der Waals surface area contributed by atoms with E-state index in [2.05, 4.69) is 36.8 Å². The third kappa shape index (κ3) is 3.77. The van der Waals surface area contributed by atoms with Crippen LogP contribution in [-0.2, 0) is 0 Å². The lowest BCUT2D eigenvalue weighted by atomic mass is 10.1. The van der Waals surface area contributed by atoms with Crippen molar-refractivity contribution in [3.05, 3.63) is 0 Å². The molecule has 2 atom stereocenters. The van der Waals surface area contributed by atoms with Crippen molar-refractivity contribution in [1.29, 1.82) is 5.26 Å². The second kappa shape index (κ2) is 6.88. The van der Waals surface area contributed by atoms with Crippen LogP contribution >= 0.6 is 0 Å². The normalized spacial score (nSPS) is 28.6. The molecule has 1 aliphatic heterocycles. The standard InChI is InChI=1S/C13H25N3/c1-4-5-9-16-10-7-12(2)15(3)11-13(16)6-8-14/h12-13H,4-7,9-11H2,1-3H3. The third-order valence-corrected chi connectivity index (χ3v) is 3.73. The summed E-state index contributed by atoms with van der Waals surface area (Å²) in [6, 6.07) is 3.42. The quantitative estimate of drug-likeness (QED) is 0.731. The van der Waals surface area contributed by atoms with Gasteiger partial charge in [0.2, 0.25) is 0 Å². The highest BCUT2D eigenvalue weighted by molar-refractivity contribution is 4.88. The van der Waals surface area contributed by atoms with Gasteiger partial charge in [0.05, 0.1) is 12.5 Å².